The summed E-state index contributed by atoms with van der Waals surface area (Å²) >= 11 is 5.56. The molecule has 0 saturated carbocycles. The molecule has 0 amide bonds. The summed E-state index contributed by atoms with van der Waals surface area (Å²) in [5.41, 5.74) is 0.379. The normalized spacial score (nSPS) is 12.5. The fourth-order valence-electron chi connectivity index (χ4n) is 1.10. The quantitative estimate of drug-likeness (QED) is 0.844. The smallest absolute Gasteiger partial charge is 0.306 e. The van der Waals surface area contributed by atoms with Crippen molar-refractivity contribution in [3.63, 3.8) is 0 Å². The molecular formula is C10H10ClFO2. The minimum Gasteiger partial charge on any atom is -0.481 e. The molecule has 0 heterocycles. The zero-order valence-corrected chi connectivity index (χ0v) is 8.38. The monoisotopic (exact) mass is 216 g/mol. The number of carbonyl (C=O) groups is 1. The lowest BCUT2D eigenvalue weighted by atomic mass is 10.0. The van der Waals surface area contributed by atoms with Gasteiger partial charge in [-0.05, 0) is 24.1 Å². The van der Waals surface area contributed by atoms with Gasteiger partial charge in [-0.15, -0.1) is 0 Å². The summed E-state index contributed by atoms with van der Waals surface area (Å²) in [6, 6.07) is 4.25. The number of benzene rings is 1. The molecule has 4 heteroatoms. The molecule has 1 aromatic carbocycles. The van der Waals surface area contributed by atoms with Crippen molar-refractivity contribution in [1.82, 2.24) is 0 Å². The summed E-state index contributed by atoms with van der Waals surface area (Å²) in [6.07, 6.45) is 0.179. The van der Waals surface area contributed by atoms with Crippen LogP contribution in [-0.2, 0) is 11.2 Å². The van der Waals surface area contributed by atoms with Gasteiger partial charge in [0.2, 0.25) is 0 Å². The largest absolute Gasteiger partial charge is 0.481 e. The summed E-state index contributed by atoms with van der Waals surface area (Å²) in [7, 11) is 0. The summed E-state index contributed by atoms with van der Waals surface area (Å²) in [4.78, 5) is 10.5. The third-order valence-corrected chi connectivity index (χ3v) is 2.20. The average Bonchev–Trinajstić information content (AvgIpc) is 2.09. The first kappa shape index (κ1) is 11.0. The highest BCUT2D eigenvalue weighted by Crippen LogP contribution is 2.17. The van der Waals surface area contributed by atoms with Crippen LogP contribution in [0.2, 0.25) is 5.02 Å². The van der Waals surface area contributed by atoms with Crippen molar-refractivity contribution in [1.29, 1.82) is 0 Å². The summed E-state index contributed by atoms with van der Waals surface area (Å²) in [5.74, 6) is -1.98. The van der Waals surface area contributed by atoms with E-state index < -0.39 is 17.7 Å². The molecule has 1 rings (SSSR count). The second kappa shape index (κ2) is 4.42. The molecule has 0 bridgehead atoms. The maximum Gasteiger partial charge on any atom is 0.306 e. The van der Waals surface area contributed by atoms with E-state index in [4.69, 9.17) is 16.7 Å². The Morgan fingerprint density at radius 3 is 2.79 bits per heavy atom. The van der Waals surface area contributed by atoms with Crippen molar-refractivity contribution in [2.24, 2.45) is 5.92 Å². The first-order valence-corrected chi connectivity index (χ1v) is 4.55. The van der Waals surface area contributed by atoms with E-state index in [1.165, 1.54) is 19.1 Å². The van der Waals surface area contributed by atoms with Crippen LogP contribution in [0.1, 0.15) is 12.5 Å². The van der Waals surface area contributed by atoms with Crippen LogP contribution in [0.15, 0.2) is 18.2 Å². The first-order chi connectivity index (χ1) is 6.50. The molecule has 0 fully saturated rings. The summed E-state index contributed by atoms with van der Waals surface area (Å²) < 4.78 is 13.2. The van der Waals surface area contributed by atoms with E-state index >= 15 is 0 Å². The second-order valence-electron chi connectivity index (χ2n) is 3.18. The van der Waals surface area contributed by atoms with Crippen molar-refractivity contribution >= 4 is 17.6 Å². The van der Waals surface area contributed by atoms with Gasteiger partial charge in [0, 0.05) is 5.02 Å². The van der Waals surface area contributed by atoms with Gasteiger partial charge in [0.25, 0.3) is 0 Å². The van der Waals surface area contributed by atoms with Gasteiger partial charge in [-0.1, -0.05) is 24.6 Å². The SMILES string of the molecule is C[C@H](Cc1ccc(Cl)cc1F)C(=O)O. The van der Waals surface area contributed by atoms with Gasteiger partial charge in [0.1, 0.15) is 5.82 Å². The Hall–Kier alpha value is -1.09. The molecule has 0 unspecified atom stereocenters. The van der Waals surface area contributed by atoms with E-state index in [-0.39, 0.29) is 6.42 Å². The molecular weight excluding hydrogens is 207 g/mol. The number of carboxylic acids is 1. The average molecular weight is 217 g/mol. The molecule has 0 saturated heterocycles. The van der Waals surface area contributed by atoms with Crippen molar-refractivity contribution in [3.05, 3.63) is 34.6 Å². The topological polar surface area (TPSA) is 37.3 Å². The molecule has 1 aromatic rings. The third kappa shape index (κ3) is 2.70. The molecule has 0 radical (unpaired) electrons. The molecule has 0 spiro atoms. The summed E-state index contributed by atoms with van der Waals surface area (Å²) in [5, 5.41) is 8.95. The highest BCUT2D eigenvalue weighted by molar-refractivity contribution is 6.30. The summed E-state index contributed by atoms with van der Waals surface area (Å²) in [6.45, 7) is 1.54. The van der Waals surface area contributed by atoms with Gasteiger partial charge in [0.05, 0.1) is 5.92 Å². The molecule has 14 heavy (non-hydrogen) atoms. The van der Waals surface area contributed by atoms with Gasteiger partial charge in [-0.3, -0.25) is 4.79 Å². The van der Waals surface area contributed by atoms with Crippen LogP contribution in [0, 0.1) is 11.7 Å². The van der Waals surface area contributed by atoms with Crippen LogP contribution in [-0.4, -0.2) is 11.1 Å². The van der Waals surface area contributed by atoms with Gasteiger partial charge >= 0.3 is 5.97 Å². The second-order valence-corrected chi connectivity index (χ2v) is 3.62. The van der Waals surface area contributed by atoms with Crippen LogP contribution < -0.4 is 0 Å². The molecule has 1 N–H and O–H groups in total. The van der Waals surface area contributed by atoms with Crippen molar-refractivity contribution in [2.75, 3.05) is 0 Å². The lowest BCUT2D eigenvalue weighted by molar-refractivity contribution is -0.141. The molecule has 0 aliphatic rings. The maximum atomic E-state index is 13.2. The van der Waals surface area contributed by atoms with Gasteiger partial charge in [-0.25, -0.2) is 4.39 Å². The number of rotatable bonds is 3. The molecule has 0 aliphatic heterocycles. The molecule has 0 aromatic heterocycles. The number of hydrogen-bond acceptors (Lipinski definition) is 1. The predicted molar refractivity (Wildman–Crippen MR) is 51.9 cm³/mol. The highest BCUT2D eigenvalue weighted by Gasteiger charge is 2.14. The first-order valence-electron chi connectivity index (χ1n) is 4.17. The van der Waals surface area contributed by atoms with E-state index in [2.05, 4.69) is 0 Å². The van der Waals surface area contributed by atoms with Crippen LogP contribution in [0.25, 0.3) is 0 Å². The predicted octanol–water partition coefficient (Wildman–Crippen LogP) is 2.74. The Kier molecular flexibility index (Phi) is 3.47. The number of halogens is 2. The van der Waals surface area contributed by atoms with E-state index in [0.29, 0.717) is 10.6 Å². The minimum atomic E-state index is -0.931. The van der Waals surface area contributed by atoms with Crippen LogP contribution >= 0.6 is 11.6 Å². The fraction of sp³-hybridized carbons (Fsp3) is 0.300. The standard InChI is InChI=1S/C10H10ClFO2/c1-6(10(13)14)4-7-2-3-8(11)5-9(7)12/h2-3,5-6H,4H2,1H3,(H,13,14)/t6-/m1/s1. The zero-order valence-electron chi connectivity index (χ0n) is 7.63. The van der Waals surface area contributed by atoms with Crippen LogP contribution in [0.4, 0.5) is 4.39 Å². The van der Waals surface area contributed by atoms with Crippen LogP contribution in [0.3, 0.4) is 0 Å². The lowest BCUT2D eigenvalue weighted by Gasteiger charge is -2.07. The third-order valence-electron chi connectivity index (χ3n) is 1.96. The Morgan fingerprint density at radius 2 is 2.29 bits per heavy atom. The Labute approximate surface area is 86.3 Å². The number of hydrogen-bond donors (Lipinski definition) is 1. The fourth-order valence-corrected chi connectivity index (χ4v) is 1.26. The van der Waals surface area contributed by atoms with Crippen molar-refractivity contribution in [2.45, 2.75) is 13.3 Å². The Balaban J connectivity index is 2.82. The molecule has 0 aliphatic carbocycles. The molecule has 2 nitrogen and oxygen atoms in total. The number of aliphatic carboxylic acids is 1. The highest BCUT2D eigenvalue weighted by atomic mass is 35.5. The van der Waals surface area contributed by atoms with Crippen molar-refractivity contribution in [3.8, 4) is 0 Å². The van der Waals surface area contributed by atoms with E-state index in [1.54, 1.807) is 6.07 Å². The van der Waals surface area contributed by atoms with Gasteiger partial charge in [-0.2, -0.15) is 0 Å². The van der Waals surface area contributed by atoms with Gasteiger partial charge in [0.15, 0.2) is 0 Å². The van der Waals surface area contributed by atoms with Crippen molar-refractivity contribution < 1.29 is 14.3 Å². The lowest BCUT2D eigenvalue weighted by Crippen LogP contribution is -2.13. The molecule has 1 atom stereocenters. The molecule has 76 valence electrons. The Morgan fingerprint density at radius 1 is 1.64 bits per heavy atom. The Bertz CT molecular complexity index is 352. The zero-order chi connectivity index (χ0) is 10.7. The minimum absolute atomic E-state index is 0.179. The van der Waals surface area contributed by atoms with Crippen LogP contribution in [0.5, 0.6) is 0 Å². The van der Waals surface area contributed by atoms with E-state index in [0.717, 1.165) is 0 Å². The van der Waals surface area contributed by atoms with E-state index in [1.807, 2.05) is 0 Å². The number of carboxylic acid groups (broad SMARTS) is 1. The van der Waals surface area contributed by atoms with E-state index in [9.17, 15) is 9.18 Å². The maximum absolute atomic E-state index is 13.2. The van der Waals surface area contributed by atoms with Gasteiger partial charge < -0.3 is 5.11 Å².